The van der Waals surface area contributed by atoms with Crippen LogP contribution >= 0.6 is 11.3 Å². The molecule has 2 bridgehead atoms. The van der Waals surface area contributed by atoms with Gasteiger partial charge in [-0.05, 0) is 66.5 Å². The molecule has 4 atom stereocenters. The number of thiophene rings is 1. The normalized spacial score (nSPS) is 31.1. The van der Waals surface area contributed by atoms with Crippen LogP contribution in [0.3, 0.4) is 0 Å². The molecule has 2 aromatic rings. The van der Waals surface area contributed by atoms with Gasteiger partial charge in [0.2, 0.25) is 0 Å². The Hall–Kier alpha value is -0.860. The molecule has 1 heterocycles. The van der Waals surface area contributed by atoms with Crippen LogP contribution in [-0.4, -0.2) is 7.05 Å². The molecule has 4 unspecified atom stereocenters. The van der Waals surface area contributed by atoms with Crippen molar-refractivity contribution < 1.29 is 0 Å². The van der Waals surface area contributed by atoms with Crippen molar-refractivity contribution in [2.45, 2.75) is 31.7 Å². The highest BCUT2D eigenvalue weighted by molar-refractivity contribution is 7.17. The van der Waals surface area contributed by atoms with Crippen LogP contribution in [0, 0.1) is 17.8 Å². The van der Waals surface area contributed by atoms with E-state index < -0.39 is 0 Å². The molecule has 2 saturated carbocycles. The molecule has 0 spiro atoms. The van der Waals surface area contributed by atoms with E-state index in [0.29, 0.717) is 6.04 Å². The number of nitrogens with one attached hydrogen (secondary N) is 1. The van der Waals surface area contributed by atoms with Gasteiger partial charge in [-0.15, -0.1) is 11.3 Å². The lowest BCUT2D eigenvalue weighted by atomic mass is 9.80. The first-order valence-electron chi connectivity index (χ1n) is 7.50. The van der Waals surface area contributed by atoms with Gasteiger partial charge in [0.15, 0.2) is 0 Å². The number of rotatable bonds is 3. The van der Waals surface area contributed by atoms with Crippen LogP contribution in [0.5, 0.6) is 0 Å². The summed E-state index contributed by atoms with van der Waals surface area (Å²) >= 11 is 1.90. The minimum atomic E-state index is 0.562. The molecule has 0 radical (unpaired) electrons. The molecular formula is C17H21NS. The molecule has 1 N–H and O–H groups in total. The maximum atomic E-state index is 3.63. The molecule has 1 aromatic carbocycles. The van der Waals surface area contributed by atoms with Gasteiger partial charge < -0.3 is 5.32 Å². The van der Waals surface area contributed by atoms with Crippen molar-refractivity contribution in [3.63, 3.8) is 0 Å². The van der Waals surface area contributed by atoms with Crippen LogP contribution < -0.4 is 5.32 Å². The van der Waals surface area contributed by atoms with Gasteiger partial charge in [0.1, 0.15) is 0 Å². The first-order chi connectivity index (χ1) is 9.36. The molecule has 4 rings (SSSR count). The largest absolute Gasteiger partial charge is 0.313 e. The van der Waals surface area contributed by atoms with Crippen molar-refractivity contribution in [2.75, 3.05) is 7.05 Å². The molecule has 1 aromatic heterocycles. The van der Waals surface area contributed by atoms with Crippen LogP contribution in [0.4, 0.5) is 0 Å². The molecule has 2 heteroatoms. The van der Waals surface area contributed by atoms with Crippen molar-refractivity contribution in [2.24, 2.45) is 17.8 Å². The topological polar surface area (TPSA) is 12.0 Å². The summed E-state index contributed by atoms with van der Waals surface area (Å²) in [6, 6.07) is 9.42. The van der Waals surface area contributed by atoms with E-state index in [0.717, 1.165) is 17.8 Å². The molecule has 2 fully saturated rings. The number of fused-ring (bicyclic) bond motifs is 3. The molecule has 0 aliphatic heterocycles. The highest BCUT2D eigenvalue weighted by Crippen LogP contribution is 2.53. The molecule has 0 amide bonds. The maximum absolute atomic E-state index is 3.63. The summed E-state index contributed by atoms with van der Waals surface area (Å²) in [5.41, 5.74) is 1.54. The summed E-state index contributed by atoms with van der Waals surface area (Å²) in [4.78, 5) is 0. The first-order valence-corrected chi connectivity index (χ1v) is 8.38. The van der Waals surface area contributed by atoms with E-state index in [1.165, 1.54) is 35.8 Å². The van der Waals surface area contributed by atoms with Crippen molar-refractivity contribution in [1.82, 2.24) is 5.32 Å². The molecular weight excluding hydrogens is 250 g/mol. The zero-order valence-corrected chi connectivity index (χ0v) is 12.2. The fourth-order valence-electron chi connectivity index (χ4n) is 4.54. The highest BCUT2D eigenvalue weighted by Gasteiger charge is 2.43. The second-order valence-electron chi connectivity index (χ2n) is 6.29. The quantitative estimate of drug-likeness (QED) is 0.860. The molecule has 0 saturated heterocycles. The Balaban J connectivity index is 1.72. The highest BCUT2D eigenvalue weighted by atomic mass is 32.1. The predicted molar refractivity (Wildman–Crippen MR) is 82.6 cm³/mol. The zero-order chi connectivity index (χ0) is 12.8. The van der Waals surface area contributed by atoms with E-state index in [-0.39, 0.29) is 0 Å². The Morgan fingerprint density at radius 2 is 2.11 bits per heavy atom. The second kappa shape index (κ2) is 4.60. The van der Waals surface area contributed by atoms with Gasteiger partial charge in [-0.1, -0.05) is 24.6 Å². The van der Waals surface area contributed by atoms with Crippen molar-refractivity contribution >= 4 is 21.4 Å². The number of hydrogen-bond donors (Lipinski definition) is 1. The van der Waals surface area contributed by atoms with Gasteiger partial charge in [0.25, 0.3) is 0 Å². The van der Waals surface area contributed by atoms with Crippen LogP contribution in [-0.2, 0) is 0 Å². The summed E-state index contributed by atoms with van der Waals surface area (Å²) in [5, 5.41) is 7.48. The van der Waals surface area contributed by atoms with E-state index in [2.05, 4.69) is 42.0 Å². The van der Waals surface area contributed by atoms with E-state index in [9.17, 15) is 0 Å². The lowest BCUT2D eigenvalue weighted by Gasteiger charge is -2.30. The van der Waals surface area contributed by atoms with Crippen molar-refractivity contribution in [3.8, 4) is 0 Å². The monoisotopic (exact) mass is 271 g/mol. The SMILES string of the molecule is CNC(c1csc2ccccc12)C1CC2CCC1C2. The maximum Gasteiger partial charge on any atom is 0.0363 e. The first kappa shape index (κ1) is 11.9. The number of benzene rings is 1. The Morgan fingerprint density at radius 3 is 2.84 bits per heavy atom. The summed E-state index contributed by atoms with van der Waals surface area (Å²) in [6.45, 7) is 0. The van der Waals surface area contributed by atoms with E-state index in [1.807, 2.05) is 11.3 Å². The average Bonchev–Trinajstić information content (AvgIpc) is 3.15. The summed E-state index contributed by atoms with van der Waals surface area (Å²) < 4.78 is 1.43. The number of hydrogen-bond acceptors (Lipinski definition) is 2. The Morgan fingerprint density at radius 1 is 1.21 bits per heavy atom. The van der Waals surface area contributed by atoms with Crippen LogP contribution in [0.2, 0.25) is 0 Å². The smallest absolute Gasteiger partial charge is 0.0363 e. The second-order valence-corrected chi connectivity index (χ2v) is 7.20. The van der Waals surface area contributed by atoms with Gasteiger partial charge in [-0.2, -0.15) is 0 Å². The molecule has 2 aliphatic rings. The van der Waals surface area contributed by atoms with Crippen molar-refractivity contribution in [3.05, 3.63) is 35.2 Å². The van der Waals surface area contributed by atoms with Gasteiger partial charge in [0, 0.05) is 10.7 Å². The lowest BCUT2D eigenvalue weighted by Crippen LogP contribution is -2.28. The van der Waals surface area contributed by atoms with Crippen LogP contribution in [0.1, 0.15) is 37.3 Å². The van der Waals surface area contributed by atoms with Gasteiger partial charge in [-0.25, -0.2) is 0 Å². The zero-order valence-electron chi connectivity index (χ0n) is 11.4. The Kier molecular flexibility index (Phi) is 2.89. The van der Waals surface area contributed by atoms with Crippen molar-refractivity contribution in [1.29, 1.82) is 0 Å². The van der Waals surface area contributed by atoms with Gasteiger partial charge in [-0.3, -0.25) is 0 Å². The third-order valence-electron chi connectivity index (χ3n) is 5.38. The molecule has 19 heavy (non-hydrogen) atoms. The summed E-state index contributed by atoms with van der Waals surface area (Å²) in [7, 11) is 2.14. The van der Waals surface area contributed by atoms with Crippen LogP contribution in [0.15, 0.2) is 29.6 Å². The third kappa shape index (κ3) is 1.85. The molecule has 1 nitrogen and oxygen atoms in total. The fraction of sp³-hybridized carbons (Fsp3) is 0.529. The Bertz CT molecular complexity index is 588. The summed E-state index contributed by atoms with van der Waals surface area (Å²) in [5.74, 6) is 2.86. The van der Waals surface area contributed by atoms with Gasteiger partial charge in [0.05, 0.1) is 0 Å². The lowest BCUT2D eigenvalue weighted by molar-refractivity contribution is 0.261. The minimum absolute atomic E-state index is 0.562. The third-order valence-corrected chi connectivity index (χ3v) is 6.36. The molecule has 100 valence electrons. The molecule has 2 aliphatic carbocycles. The van der Waals surface area contributed by atoms with Gasteiger partial charge >= 0.3 is 0 Å². The standard InChI is InChI=1S/C17H21NS/c1-18-17(14-9-11-6-7-12(14)8-11)15-10-19-16-5-3-2-4-13(15)16/h2-5,10-12,14,17-18H,6-9H2,1H3. The van der Waals surface area contributed by atoms with Crippen LogP contribution in [0.25, 0.3) is 10.1 Å². The summed E-state index contributed by atoms with van der Waals surface area (Å²) in [6.07, 6.45) is 5.89. The fourth-order valence-corrected chi connectivity index (χ4v) is 5.54. The predicted octanol–water partition coefficient (Wildman–Crippen LogP) is 4.60. The average molecular weight is 271 g/mol. The Labute approximate surface area is 119 Å². The minimum Gasteiger partial charge on any atom is -0.313 e. The van der Waals surface area contributed by atoms with E-state index in [4.69, 9.17) is 0 Å². The van der Waals surface area contributed by atoms with E-state index >= 15 is 0 Å². The van der Waals surface area contributed by atoms with E-state index in [1.54, 1.807) is 5.56 Å².